The summed E-state index contributed by atoms with van der Waals surface area (Å²) in [6.07, 6.45) is 6.59. The minimum Gasteiger partial charge on any atom is -0.305 e. The minimum absolute atomic E-state index is 0.136. The summed E-state index contributed by atoms with van der Waals surface area (Å²) in [5, 5.41) is 7.97. The Morgan fingerprint density at radius 3 is 2.68 bits per heavy atom. The first-order chi connectivity index (χ1) is 9.27. The SMILES string of the molecule is CCCn1ncc(Br)c1C(NCC)c1ccncc1. The Morgan fingerprint density at radius 2 is 2.05 bits per heavy atom. The number of nitrogens with zero attached hydrogens (tertiary/aromatic N) is 3. The second kappa shape index (κ2) is 6.82. The highest BCUT2D eigenvalue weighted by molar-refractivity contribution is 9.10. The van der Waals surface area contributed by atoms with Gasteiger partial charge in [-0.05, 0) is 46.6 Å². The monoisotopic (exact) mass is 322 g/mol. The molecule has 4 nitrogen and oxygen atoms in total. The van der Waals surface area contributed by atoms with Crippen molar-refractivity contribution < 1.29 is 0 Å². The fourth-order valence-electron chi connectivity index (χ4n) is 2.18. The van der Waals surface area contributed by atoms with Crippen molar-refractivity contribution in [3.8, 4) is 0 Å². The molecule has 2 aromatic rings. The van der Waals surface area contributed by atoms with Crippen molar-refractivity contribution in [3.05, 3.63) is 46.5 Å². The van der Waals surface area contributed by atoms with Gasteiger partial charge in [0, 0.05) is 18.9 Å². The molecule has 0 radical (unpaired) electrons. The Balaban J connectivity index is 2.42. The van der Waals surface area contributed by atoms with E-state index in [9.17, 15) is 0 Å². The number of halogens is 1. The van der Waals surface area contributed by atoms with Crippen molar-refractivity contribution in [2.75, 3.05) is 6.54 Å². The Bertz CT molecular complexity index is 509. The van der Waals surface area contributed by atoms with Crippen LogP contribution < -0.4 is 5.32 Å². The summed E-state index contributed by atoms with van der Waals surface area (Å²) in [4.78, 5) is 4.09. The van der Waals surface area contributed by atoms with E-state index in [0.29, 0.717) is 0 Å². The molecule has 0 spiro atoms. The molecule has 0 aliphatic rings. The van der Waals surface area contributed by atoms with E-state index in [1.807, 2.05) is 30.7 Å². The van der Waals surface area contributed by atoms with Crippen LogP contribution in [0, 0.1) is 0 Å². The van der Waals surface area contributed by atoms with Gasteiger partial charge in [0.1, 0.15) is 0 Å². The molecule has 0 amide bonds. The average Bonchev–Trinajstić information content (AvgIpc) is 2.79. The second-order valence-corrected chi connectivity index (χ2v) is 5.23. The van der Waals surface area contributed by atoms with Crippen LogP contribution in [0.1, 0.15) is 37.6 Å². The first-order valence-corrected chi connectivity index (χ1v) is 7.41. The van der Waals surface area contributed by atoms with Gasteiger partial charge in [0.05, 0.1) is 22.4 Å². The van der Waals surface area contributed by atoms with E-state index in [2.05, 4.69) is 49.9 Å². The first kappa shape index (κ1) is 14.2. The van der Waals surface area contributed by atoms with Crippen LogP contribution >= 0.6 is 15.9 Å². The van der Waals surface area contributed by atoms with E-state index in [-0.39, 0.29) is 6.04 Å². The molecule has 0 saturated heterocycles. The standard InChI is InChI=1S/C14H19BrN4/c1-3-9-19-14(12(15)10-18-19)13(17-4-2)11-5-7-16-8-6-11/h5-8,10,13,17H,3-4,9H2,1-2H3. The molecule has 0 aliphatic heterocycles. The van der Waals surface area contributed by atoms with Crippen LogP contribution in [0.25, 0.3) is 0 Å². The Kier molecular flexibility index (Phi) is 5.10. The van der Waals surface area contributed by atoms with Crippen molar-refractivity contribution in [1.29, 1.82) is 0 Å². The van der Waals surface area contributed by atoms with E-state index in [1.165, 1.54) is 11.3 Å². The van der Waals surface area contributed by atoms with Crippen LogP contribution in [0.2, 0.25) is 0 Å². The number of hydrogen-bond acceptors (Lipinski definition) is 3. The van der Waals surface area contributed by atoms with Gasteiger partial charge in [0.2, 0.25) is 0 Å². The minimum atomic E-state index is 0.136. The number of rotatable bonds is 6. The summed E-state index contributed by atoms with van der Waals surface area (Å²) in [6, 6.07) is 4.22. The maximum absolute atomic E-state index is 4.45. The molecule has 1 N–H and O–H groups in total. The van der Waals surface area contributed by atoms with Crippen molar-refractivity contribution in [2.24, 2.45) is 0 Å². The lowest BCUT2D eigenvalue weighted by Crippen LogP contribution is -2.25. The Morgan fingerprint density at radius 1 is 1.32 bits per heavy atom. The van der Waals surface area contributed by atoms with Gasteiger partial charge in [0.25, 0.3) is 0 Å². The van der Waals surface area contributed by atoms with Crippen LogP contribution in [0.4, 0.5) is 0 Å². The molecular weight excluding hydrogens is 304 g/mol. The van der Waals surface area contributed by atoms with Gasteiger partial charge < -0.3 is 5.32 Å². The molecule has 5 heteroatoms. The summed E-state index contributed by atoms with van der Waals surface area (Å²) in [6.45, 7) is 6.10. The van der Waals surface area contributed by atoms with E-state index < -0.39 is 0 Å². The third-order valence-corrected chi connectivity index (χ3v) is 3.60. The van der Waals surface area contributed by atoms with Gasteiger partial charge in [-0.15, -0.1) is 0 Å². The molecule has 0 aliphatic carbocycles. The largest absolute Gasteiger partial charge is 0.305 e. The summed E-state index contributed by atoms with van der Waals surface area (Å²) in [7, 11) is 0. The van der Waals surface area contributed by atoms with Crippen molar-refractivity contribution in [3.63, 3.8) is 0 Å². The fraction of sp³-hybridized carbons (Fsp3) is 0.429. The average molecular weight is 323 g/mol. The highest BCUT2D eigenvalue weighted by Crippen LogP contribution is 2.28. The molecule has 2 rings (SSSR count). The van der Waals surface area contributed by atoms with Crippen LogP contribution in [0.15, 0.2) is 35.2 Å². The smallest absolute Gasteiger partial charge is 0.0760 e. The van der Waals surface area contributed by atoms with Crippen LogP contribution in [-0.4, -0.2) is 21.3 Å². The van der Waals surface area contributed by atoms with E-state index >= 15 is 0 Å². The summed E-state index contributed by atoms with van der Waals surface area (Å²) in [5.74, 6) is 0. The number of aromatic nitrogens is 3. The van der Waals surface area contributed by atoms with Crippen LogP contribution in [0.5, 0.6) is 0 Å². The van der Waals surface area contributed by atoms with Crippen molar-refractivity contribution in [1.82, 2.24) is 20.1 Å². The fourth-order valence-corrected chi connectivity index (χ4v) is 2.71. The topological polar surface area (TPSA) is 42.7 Å². The van der Waals surface area contributed by atoms with Gasteiger partial charge >= 0.3 is 0 Å². The molecular formula is C14H19BrN4. The zero-order chi connectivity index (χ0) is 13.7. The molecule has 1 atom stereocenters. The Labute approximate surface area is 122 Å². The Hall–Kier alpha value is -1.20. The third-order valence-electron chi connectivity index (χ3n) is 2.99. The summed E-state index contributed by atoms with van der Waals surface area (Å²) >= 11 is 3.62. The maximum Gasteiger partial charge on any atom is 0.0760 e. The molecule has 2 aromatic heterocycles. The van der Waals surface area contributed by atoms with Crippen molar-refractivity contribution in [2.45, 2.75) is 32.9 Å². The van der Waals surface area contributed by atoms with Gasteiger partial charge in [-0.2, -0.15) is 5.10 Å². The van der Waals surface area contributed by atoms with Gasteiger partial charge in [-0.1, -0.05) is 13.8 Å². The van der Waals surface area contributed by atoms with Crippen molar-refractivity contribution >= 4 is 15.9 Å². The van der Waals surface area contributed by atoms with E-state index in [0.717, 1.165) is 24.0 Å². The lowest BCUT2D eigenvalue weighted by molar-refractivity contribution is 0.519. The zero-order valence-corrected chi connectivity index (χ0v) is 12.9. The number of aryl methyl sites for hydroxylation is 1. The lowest BCUT2D eigenvalue weighted by atomic mass is 10.1. The quantitative estimate of drug-likeness (QED) is 0.888. The summed E-state index contributed by atoms with van der Waals surface area (Å²) < 4.78 is 3.11. The lowest BCUT2D eigenvalue weighted by Gasteiger charge is -2.20. The molecule has 0 fully saturated rings. The van der Waals surface area contributed by atoms with Gasteiger partial charge in [-0.3, -0.25) is 9.67 Å². The molecule has 0 aromatic carbocycles. The van der Waals surface area contributed by atoms with Crippen LogP contribution in [0.3, 0.4) is 0 Å². The molecule has 102 valence electrons. The first-order valence-electron chi connectivity index (χ1n) is 6.62. The van der Waals surface area contributed by atoms with E-state index in [4.69, 9.17) is 0 Å². The molecule has 0 bridgehead atoms. The third kappa shape index (κ3) is 3.22. The molecule has 2 heterocycles. The van der Waals surface area contributed by atoms with Crippen LogP contribution in [-0.2, 0) is 6.54 Å². The number of nitrogens with one attached hydrogen (secondary N) is 1. The van der Waals surface area contributed by atoms with Gasteiger partial charge in [0.15, 0.2) is 0 Å². The predicted molar refractivity (Wildman–Crippen MR) is 80.0 cm³/mol. The predicted octanol–water partition coefficient (Wildman–Crippen LogP) is 3.15. The molecule has 0 saturated carbocycles. The van der Waals surface area contributed by atoms with E-state index in [1.54, 1.807) is 0 Å². The maximum atomic E-state index is 4.45. The highest BCUT2D eigenvalue weighted by atomic mass is 79.9. The molecule has 19 heavy (non-hydrogen) atoms. The molecule has 1 unspecified atom stereocenters. The number of pyridine rings is 1. The number of hydrogen-bond donors (Lipinski definition) is 1. The van der Waals surface area contributed by atoms with Gasteiger partial charge in [-0.25, -0.2) is 0 Å². The highest BCUT2D eigenvalue weighted by Gasteiger charge is 2.20. The second-order valence-electron chi connectivity index (χ2n) is 4.37. The zero-order valence-electron chi connectivity index (χ0n) is 11.3. The normalized spacial score (nSPS) is 12.6. The summed E-state index contributed by atoms with van der Waals surface area (Å²) in [5.41, 5.74) is 2.38.